The van der Waals surface area contributed by atoms with Gasteiger partial charge in [0.05, 0.1) is 29.8 Å². The van der Waals surface area contributed by atoms with Crippen LogP contribution < -0.4 is 11.1 Å². The second-order valence-corrected chi connectivity index (χ2v) is 6.39. The predicted molar refractivity (Wildman–Crippen MR) is 75.0 cm³/mol. The largest absolute Gasteiger partial charge is 0.465 e. The summed E-state index contributed by atoms with van der Waals surface area (Å²) in [6, 6.07) is 4.88. The molecule has 6 nitrogen and oxygen atoms in total. The number of ether oxygens (including phenoxy) is 1. The Morgan fingerprint density at radius 2 is 2.11 bits per heavy atom. The summed E-state index contributed by atoms with van der Waals surface area (Å²) in [5.41, 5.74) is 6.86. The van der Waals surface area contributed by atoms with Gasteiger partial charge in [-0.05, 0) is 12.1 Å². The predicted octanol–water partition coefficient (Wildman–Crippen LogP) is 0.902. The summed E-state index contributed by atoms with van der Waals surface area (Å²) in [5, 5.41) is 2.91. The number of hydrogen-bond acceptors (Lipinski definition) is 6. The van der Waals surface area contributed by atoms with Gasteiger partial charge in [0.25, 0.3) is 0 Å². The summed E-state index contributed by atoms with van der Waals surface area (Å²) in [6.07, 6.45) is 0. The van der Waals surface area contributed by atoms with Gasteiger partial charge in [0.15, 0.2) is 9.84 Å². The van der Waals surface area contributed by atoms with Crippen LogP contribution in [0.2, 0.25) is 0 Å². The van der Waals surface area contributed by atoms with Gasteiger partial charge in [-0.2, -0.15) is 0 Å². The Bertz CT molecular complexity index is 555. The van der Waals surface area contributed by atoms with E-state index in [2.05, 4.69) is 10.1 Å². The number of anilines is 2. The van der Waals surface area contributed by atoms with Crippen molar-refractivity contribution in [3.05, 3.63) is 23.8 Å². The van der Waals surface area contributed by atoms with Crippen LogP contribution in [0.1, 0.15) is 17.3 Å². The van der Waals surface area contributed by atoms with Crippen molar-refractivity contribution >= 4 is 27.2 Å². The average Bonchev–Trinajstić information content (AvgIpc) is 2.40. The Kier molecular flexibility index (Phi) is 5.17. The van der Waals surface area contributed by atoms with E-state index in [0.717, 1.165) is 0 Å². The number of nitrogens with one attached hydrogen (secondary N) is 1. The number of esters is 1. The highest BCUT2D eigenvalue weighted by Crippen LogP contribution is 2.23. The number of nitrogens with two attached hydrogens (primary N) is 1. The lowest BCUT2D eigenvalue weighted by Gasteiger charge is -2.11. The molecule has 1 aromatic rings. The molecule has 106 valence electrons. The van der Waals surface area contributed by atoms with E-state index >= 15 is 0 Å². The van der Waals surface area contributed by atoms with Crippen LogP contribution >= 0.6 is 0 Å². The summed E-state index contributed by atoms with van der Waals surface area (Å²) >= 11 is 0. The lowest BCUT2D eigenvalue weighted by Crippen LogP contribution is -2.18. The Hall–Kier alpha value is -1.76. The van der Waals surface area contributed by atoms with E-state index in [0.29, 0.717) is 5.69 Å². The minimum atomic E-state index is -3.03. The molecule has 0 fully saturated rings. The zero-order valence-corrected chi connectivity index (χ0v) is 11.8. The van der Waals surface area contributed by atoms with Crippen molar-refractivity contribution in [2.75, 3.05) is 36.2 Å². The number of benzene rings is 1. The third-order valence-electron chi connectivity index (χ3n) is 2.68. The molecule has 19 heavy (non-hydrogen) atoms. The first-order valence-electron chi connectivity index (χ1n) is 5.82. The van der Waals surface area contributed by atoms with Gasteiger partial charge in [-0.1, -0.05) is 13.0 Å². The molecule has 3 N–H and O–H groups in total. The number of carbonyl (C=O) groups excluding carboxylic acids is 1. The number of carbonyl (C=O) groups is 1. The van der Waals surface area contributed by atoms with E-state index in [1.54, 1.807) is 25.1 Å². The molecule has 0 amide bonds. The Balaban J connectivity index is 2.78. The van der Waals surface area contributed by atoms with Crippen LogP contribution in [0.4, 0.5) is 11.4 Å². The van der Waals surface area contributed by atoms with Gasteiger partial charge in [-0.15, -0.1) is 0 Å². The van der Waals surface area contributed by atoms with Crippen molar-refractivity contribution in [1.82, 2.24) is 0 Å². The van der Waals surface area contributed by atoms with Crippen molar-refractivity contribution in [1.29, 1.82) is 0 Å². The maximum absolute atomic E-state index is 11.4. The zero-order valence-electron chi connectivity index (χ0n) is 11.0. The lowest BCUT2D eigenvalue weighted by atomic mass is 10.1. The quantitative estimate of drug-likeness (QED) is 0.595. The third kappa shape index (κ3) is 4.13. The molecule has 7 heteroatoms. The van der Waals surface area contributed by atoms with E-state index in [1.165, 1.54) is 7.11 Å². The highest BCUT2D eigenvalue weighted by atomic mass is 32.2. The number of methoxy groups -OCH3 is 1. The van der Waals surface area contributed by atoms with E-state index in [9.17, 15) is 13.2 Å². The molecular formula is C12H18N2O4S. The molecular weight excluding hydrogens is 268 g/mol. The van der Waals surface area contributed by atoms with E-state index in [-0.39, 0.29) is 29.3 Å². The average molecular weight is 286 g/mol. The molecule has 1 rings (SSSR count). The number of hydrogen-bond donors (Lipinski definition) is 2. The minimum absolute atomic E-state index is 0.0192. The second kappa shape index (κ2) is 6.42. The smallest absolute Gasteiger partial charge is 0.340 e. The standard InChI is InChI=1S/C12H18N2O4S/c1-3-19(16,17)8-7-14-10-6-4-5-9(11(10)13)12(15)18-2/h4-6,14H,3,7-8,13H2,1-2H3. The van der Waals surface area contributed by atoms with Gasteiger partial charge < -0.3 is 15.8 Å². The topological polar surface area (TPSA) is 98.5 Å². The number of para-hydroxylation sites is 1. The molecule has 0 aliphatic carbocycles. The van der Waals surface area contributed by atoms with Crippen LogP contribution in [0.5, 0.6) is 0 Å². The van der Waals surface area contributed by atoms with E-state index in [1.807, 2.05) is 0 Å². The van der Waals surface area contributed by atoms with E-state index < -0.39 is 15.8 Å². The first-order valence-corrected chi connectivity index (χ1v) is 7.64. The molecule has 0 saturated heterocycles. The monoisotopic (exact) mass is 286 g/mol. The van der Waals surface area contributed by atoms with Gasteiger partial charge in [-0.25, -0.2) is 13.2 Å². The molecule has 0 aliphatic heterocycles. The highest BCUT2D eigenvalue weighted by Gasteiger charge is 2.13. The van der Waals surface area contributed by atoms with Crippen molar-refractivity contribution in [3.8, 4) is 0 Å². The summed E-state index contributed by atoms with van der Waals surface area (Å²) in [4.78, 5) is 11.4. The fourth-order valence-corrected chi connectivity index (χ4v) is 2.19. The van der Waals surface area contributed by atoms with Crippen LogP contribution in [0.3, 0.4) is 0 Å². The fraction of sp³-hybridized carbons (Fsp3) is 0.417. The first-order chi connectivity index (χ1) is 8.91. The summed E-state index contributed by atoms with van der Waals surface area (Å²) in [6.45, 7) is 1.84. The fourth-order valence-electron chi connectivity index (χ4n) is 1.49. The van der Waals surface area contributed by atoms with Gasteiger partial charge >= 0.3 is 5.97 Å². The Labute approximate surface area is 112 Å². The summed E-state index contributed by atoms with van der Waals surface area (Å²) < 4.78 is 27.3. The highest BCUT2D eigenvalue weighted by molar-refractivity contribution is 7.91. The van der Waals surface area contributed by atoms with Crippen LogP contribution in [0.25, 0.3) is 0 Å². The summed E-state index contributed by atoms with van der Waals surface area (Å²) in [5.74, 6) is -0.403. The Morgan fingerprint density at radius 3 is 2.68 bits per heavy atom. The SMILES string of the molecule is CCS(=O)(=O)CCNc1cccc(C(=O)OC)c1N. The zero-order chi connectivity index (χ0) is 14.5. The van der Waals surface area contributed by atoms with Crippen molar-refractivity contribution < 1.29 is 17.9 Å². The van der Waals surface area contributed by atoms with Crippen LogP contribution in [-0.4, -0.2) is 39.5 Å². The van der Waals surface area contributed by atoms with Gasteiger partial charge in [0, 0.05) is 12.3 Å². The Morgan fingerprint density at radius 1 is 1.42 bits per heavy atom. The number of sulfone groups is 1. The molecule has 0 spiro atoms. The minimum Gasteiger partial charge on any atom is -0.465 e. The number of nitrogen functional groups attached to an aromatic ring is 1. The van der Waals surface area contributed by atoms with Crippen molar-refractivity contribution in [3.63, 3.8) is 0 Å². The molecule has 1 aromatic carbocycles. The van der Waals surface area contributed by atoms with Crippen molar-refractivity contribution in [2.24, 2.45) is 0 Å². The van der Waals surface area contributed by atoms with Gasteiger partial charge in [-0.3, -0.25) is 0 Å². The maximum Gasteiger partial charge on any atom is 0.340 e. The van der Waals surface area contributed by atoms with Crippen LogP contribution in [0.15, 0.2) is 18.2 Å². The van der Waals surface area contributed by atoms with Crippen LogP contribution in [-0.2, 0) is 14.6 Å². The molecule has 0 unspecified atom stereocenters. The molecule has 0 saturated carbocycles. The normalized spacial score (nSPS) is 11.1. The number of rotatable bonds is 6. The molecule has 0 heterocycles. The second-order valence-electron chi connectivity index (χ2n) is 3.92. The van der Waals surface area contributed by atoms with Gasteiger partial charge in [0.2, 0.25) is 0 Å². The third-order valence-corrected chi connectivity index (χ3v) is 4.39. The molecule has 0 aliphatic rings. The van der Waals surface area contributed by atoms with Crippen LogP contribution in [0, 0.1) is 0 Å². The van der Waals surface area contributed by atoms with Gasteiger partial charge in [0.1, 0.15) is 0 Å². The molecule has 0 radical (unpaired) electrons. The maximum atomic E-state index is 11.4. The van der Waals surface area contributed by atoms with E-state index in [4.69, 9.17) is 5.73 Å². The molecule has 0 atom stereocenters. The lowest BCUT2D eigenvalue weighted by molar-refractivity contribution is 0.0602. The molecule has 0 aromatic heterocycles. The van der Waals surface area contributed by atoms with Crippen molar-refractivity contribution in [2.45, 2.75) is 6.92 Å². The first kappa shape index (κ1) is 15.3. The summed E-state index contributed by atoms with van der Waals surface area (Å²) in [7, 11) is -1.76. The molecule has 0 bridgehead atoms.